The first kappa shape index (κ1) is 10.3. The summed E-state index contributed by atoms with van der Waals surface area (Å²) in [6.45, 7) is 0. The topological polar surface area (TPSA) is 105 Å². The summed E-state index contributed by atoms with van der Waals surface area (Å²) in [4.78, 5) is 22.0. The van der Waals surface area contributed by atoms with Gasteiger partial charge in [-0.25, -0.2) is 4.79 Å². The van der Waals surface area contributed by atoms with Gasteiger partial charge >= 0.3 is 5.97 Å². The predicted octanol–water partition coefficient (Wildman–Crippen LogP) is 1.08. The third-order valence-electron chi connectivity index (χ3n) is 1.67. The summed E-state index contributed by atoms with van der Waals surface area (Å²) >= 11 is 1.01. The minimum Gasteiger partial charge on any atom is -0.478 e. The second-order valence-electron chi connectivity index (χ2n) is 2.74. The van der Waals surface area contributed by atoms with Crippen molar-refractivity contribution in [2.45, 2.75) is 0 Å². The van der Waals surface area contributed by atoms with Crippen LogP contribution in [0.2, 0.25) is 0 Å². The van der Waals surface area contributed by atoms with Crippen LogP contribution in [0.1, 0.15) is 20.9 Å². The molecule has 0 aromatic carbocycles. The molecule has 0 bridgehead atoms. The van der Waals surface area contributed by atoms with Gasteiger partial charge in [-0.2, -0.15) is 0 Å². The van der Waals surface area contributed by atoms with E-state index >= 15 is 0 Å². The number of hydrogen-bond donors (Lipinski definition) is 2. The lowest BCUT2D eigenvalue weighted by atomic mass is 10.3. The number of furan rings is 1. The molecular formula is C8H5N3O4S. The molecule has 16 heavy (non-hydrogen) atoms. The van der Waals surface area contributed by atoms with E-state index in [9.17, 15) is 9.59 Å². The number of rotatable bonds is 3. The predicted molar refractivity (Wildman–Crippen MR) is 53.5 cm³/mol. The van der Waals surface area contributed by atoms with Crippen LogP contribution >= 0.6 is 11.5 Å². The highest BCUT2D eigenvalue weighted by Crippen LogP contribution is 2.13. The van der Waals surface area contributed by atoms with Crippen molar-refractivity contribution in [2.75, 3.05) is 5.32 Å². The van der Waals surface area contributed by atoms with E-state index in [1.54, 1.807) is 0 Å². The normalized spacial score (nSPS) is 10.0. The van der Waals surface area contributed by atoms with Crippen molar-refractivity contribution in [1.29, 1.82) is 0 Å². The molecule has 7 nitrogen and oxygen atoms in total. The smallest absolute Gasteiger partial charge is 0.338 e. The molecule has 1 amide bonds. The summed E-state index contributed by atoms with van der Waals surface area (Å²) in [7, 11) is 0. The van der Waals surface area contributed by atoms with Gasteiger partial charge in [0.05, 0.1) is 11.8 Å². The second-order valence-corrected chi connectivity index (χ2v) is 3.53. The van der Waals surface area contributed by atoms with Gasteiger partial charge in [0, 0.05) is 17.6 Å². The zero-order valence-electron chi connectivity index (χ0n) is 7.71. The van der Waals surface area contributed by atoms with E-state index in [0.29, 0.717) is 5.00 Å². The lowest BCUT2D eigenvalue weighted by Gasteiger charge is -1.95. The molecule has 0 atom stereocenters. The lowest BCUT2D eigenvalue weighted by molar-refractivity contribution is 0.0696. The van der Waals surface area contributed by atoms with Gasteiger partial charge in [-0.05, 0) is 0 Å². The third kappa shape index (κ3) is 2.06. The van der Waals surface area contributed by atoms with Crippen LogP contribution in [0, 0.1) is 0 Å². The fraction of sp³-hybridized carbons (Fsp3) is 0. The molecule has 0 spiro atoms. The molecule has 8 heteroatoms. The monoisotopic (exact) mass is 239 g/mol. The Bertz CT molecular complexity index is 519. The Morgan fingerprint density at radius 2 is 2.31 bits per heavy atom. The highest BCUT2D eigenvalue weighted by Gasteiger charge is 2.15. The van der Waals surface area contributed by atoms with Crippen molar-refractivity contribution in [3.05, 3.63) is 29.9 Å². The first-order valence-corrected chi connectivity index (χ1v) is 4.84. The van der Waals surface area contributed by atoms with E-state index < -0.39 is 11.9 Å². The largest absolute Gasteiger partial charge is 0.478 e. The molecule has 0 aliphatic carbocycles. The van der Waals surface area contributed by atoms with Crippen LogP contribution in [-0.2, 0) is 0 Å². The Morgan fingerprint density at radius 1 is 1.50 bits per heavy atom. The van der Waals surface area contributed by atoms with Crippen LogP contribution in [0.15, 0.2) is 22.9 Å². The van der Waals surface area contributed by atoms with Crippen LogP contribution in [0.5, 0.6) is 0 Å². The van der Waals surface area contributed by atoms with Gasteiger partial charge in [0.15, 0.2) is 5.76 Å². The zero-order chi connectivity index (χ0) is 11.5. The van der Waals surface area contributed by atoms with E-state index in [1.165, 1.54) is 6.20 Å². The Labute approximate surface area is 92.9 Å². The van der Waals surface area contributed by atoms with E-state index in [0.717, 1.165) is 23.9 Å². The maximum Gasteiger partial charge on any atom is 0.338 e. The number of nitrogens with one attached hydrogen (secondary N) is 1. The first-order chi connectivity index (χ1) is 7.66. The molecule has 0 saturated heterocycles. The second kappa shape index (κ2) is 4.11. The molecule has 0 unspecified atom stereocenters. The summed E-state index contributed by atoms with van der Waals surface area (Å²) in [5.41, 5.74) is -0.0763. The van der Waals surface area contributed by atoms with Gasteiger partial charge in [0.25, 0.3) is 5.91 Å². The van der Waals surface area contributed by atoms with Gasteiger partial charge < -0.3 is 14.8 Å². The number of carboxylic acids is 1. The lowest BCUT2D eigenvalue weighted by Crippen LogP contribution is -2.09. The molecule has 2 rings (SSSR count). The number of carboxylic acid groups (broad SMARTS) is 1. The molecule has 82 valence electrons. The summed E-state index contributed by atoms with van der Waals surface area (Å²) in [6.07, 6.45) is 2.38. The number of anilines is 1. The van der Waals surface area contributed by atoms with Crippen molar-refractivity contribution in [1.82, 2.24) is 9.59 Å². The van der Waals surface area contributed by atoms with Crippen LogP contribution in [-0.4, -0.2) is 26.6 Å². The maximum atomic E-state index is 11.5. The van der Waals surface area contributed by atoms with Crippen molar-refractivity contribution in [3.63, 3.8) is 0 Å². The minimum atomic E-state index is -1.15. The highest BCUT2D eigenvalue weighted by molar-refractivity contribution is 7.10. The summed E-state index contributed by atoms with van der Waals surface area (Å²) < 4.78 is 8.36. The van der Waals surface area contributed by atoms with Crippen molar-refractivity contribution < 1.29 is 19.1 Å². The highest BCUT2D eigenvalue weighted by atomic mass is 32.1. The number of aromatic carboxylic acids is 1. The van der Waals surface area contributed by atoms with Gasteiger partial charge in [-0.3, -0.25) is 4.79 Å². The van der Waals surface area contributed by atoms with Crippen LogP contribution in [0.3, 0.4) is 0 Å². The molecule has 0 radical (unpaired) electrons. The molecule has 2 aromatic rings. The molecule has 2 heterocycles. The van der Waals surface area contributed by atoms with Crippen LogP contribution in [0.25, 0.3) is 0 Å². The molecule has 2 aromatic heterocycles. The molecule has 2 N–H and O–H groups in total. The Hall–Kier alpha value is -2.22. The third-order valence-corrected chi connectivity index (χ3v) is 2.25. The van der Waals surface area contributed by atoms with E-state index in [-0.39, 0.29) is 11.3 Å². The average Bonchev–Trinajstić information content (AvgIpc) is 2.86. The zero-order valence-corrected chi connectivity index (χ0v) is 8.52. The van der Waals surface area contributed by atoms with Gasteiger partial charge in [-0.1, -0.05) is 4.49 Å². The molecular weight excluding hydrogens is 234 g/mol. The fourth-order valence-electron chi connectivity index (χ4n) is 0.963. The van der Waals surface area contributed by atoms with Crippen LogP contribution in [0.4, 0.5) is 5.00 Å². The van der Waals surface area contributed by atoms with E-state index in [2.05, 4.69) is 14.9 Å². The molecule has 0 aliphatic rings. The summed E-state index contributed by atoms with van der Waals surface area (Å²) in [6, 6.07) is 1.14. The number of carbonyl (C=O) groups excluding carboxylic acids is 1. The minimum absolute atomic E-state index is 0.0763. The first-order valence-electron chi connectivity index (χ1n) is 4.07. The SMILES string of the molecule is O=C(O)c1coc(C(=O)Nc2cnns2)c1. The standard InChI is InChI=1S/C8H5N3O4S/c12-7(10-6-2-9-11-16-6)5-1-4(3-15-5)8(13)14/h1-3H,(H,10,12)(H,13,14). The Kier molecular flexibility index (Phi) is 2.64. The van der Waals surface area contributed by atoms with E-state index in [4.69, 9.17) is 9.52 Å². The number of nitrogens with zero attached hydrogens (tertiary/aromatic N) is 2. The van der Waals surface area contributed by atoms with Gasteiger partial charge in [0.2, 0.25) is 0 Å². The number of amides is 1. The fourth-order valence-corrected chi connectivity index (χ4v) is 1.38. The maximum absolute atomic E-state index is 11.5. The average molecular weight is 239 g/mol. The van der Waals surface area contributed by atoms with Gasteiger partial charge in [0.1, 0.15) is 11.3 Å². The van der Waals surface area contributed by atoms with E-state index in [1.807, 2.05) is 0 Å². The molecule has 0 saturated carbocycles. The number of carbonyl (C=O) groups is 2. The van der Waals surface area contributed by atoms with Crippen molar-refractivity contribution >= 4 is 28.4 Å². The van der Waals surface area contributed by atoms with Crippen molar-refractivity contribution in [3.8, 4) is 0 Å². The quantitative estimate of drug-likeness (QED) is 0.830. The number of hydrogen-bond acceptors (Lipinski definition) is 6. The van der Waals surface area contributed by atoms with Crippen LogP contribution < -0.4 is 5.32 Å². The van der Waals surface area contributed by atoms with Crippen molar-refractivity contribution in [2.24, 2.45) is 0 Å². The Morgan fingerprint density at radius 3 is 2.88 bits per heavy atom. The Balaban J connectivity index is 2.12. The molecule has 0 fully saturated rings. The summed E-state index contributed by atoms with van der Waals surface area (Å²) in [5.74, 6) is -1.77. The number of aromatic nitrogens is 2. The summed E-state index contributed by atoms with van der Waals surface area (Å²) in [5, 5.41) is 15.1. The van der Waals surface area contributed by atoms with Gasteiger partial charge in [-0.15, -0.1) is 5.10 Å². The molecule has 0 aliphatic heterocycles.